The second-order valence-corrected chi connectivity index (χ2v) is 2.92. The van der Waals surface area contributed by atoms with Gasteiger partial charge in [-0.1, -0.05) is 6.54 Å². The zero-order valence-corrected chi connectivity index (χ0v) is 11.9. The molecule has 0 heterocycles. The number of carboxylic acid groups (broad SMARTS) is 1. The topological polar surface area (TPSA) is 131 Å². The number of carbonyl (C=O) groups excluding carboxylic acids is 2. The standard InChI is InChI=1S/C8H14N3O4S.O.Tc/c12-6(3-11-7(13)5-16)10-2-1-9-4-8(14)15;;/h1-5H2,(H4,10,11,12,13,14,15,16);;/q-1;;+4/p-3/i;;1+1. The van der Waals surface area contributed by atoms with Crippen LogP contribution in [-0.2, 0) is 49.4 Å². The molecule has 0 rings (SSSR count). The summed E-state index contributed by atoms with van der Waals surface area (Å²) in [7, 11) is 0. The molecule has 0 unspecified atom stereocenters. The molecule has 0 aliphatic carbocycles. The third-order valence-corrected chi connectivity index (χ3v) is 1.55. The van der Waals surface area contributed by atoms with Gasteiger partial charge in [0.2, 0.25) is 0 Å². The van der Waals surface area contributed by atoms with Crippen molar-refractivity contribution in [1.29, 1.82) is 0 Å². The van der Waals surface area contributed by atoms with E-state index in [1.165, 1.54) is 0 Å². The normalized spacial score (nSPS) is 8.83. The molecule has 0 aromatic carbocycles. The molecule has 0 radical (unpaired) electrons. The first-order valence-electron chi connectivity index (χ1n) is 4.55. The molecule has 0 aromatic heterocycles. The van der Waals surface area contributed by atoms with Gasteiger partial charge in [0.1, 0.15) is 0 Å². The van der Waals surface area contributed by atoms with E-state index in [-0.39, 0.29) is 31.9 Å². The molecule has 0 aromatic rings. The van der Waals surface area contributed by atoms with Crippen molar-refractivity contribution in [1.82, 2.24) is 0 Å². The molecule has 0 saturated heterocycles. The number of nitrogens with zero attached hydrogens (tertiary/aromatic N) is 3. The Kier molecular flexibility index (Phi) is 15.4. The maximum atomic E-state index is 11.0. The Bertz CT molecular complexity index is 279. The first-order chi connectivity index (χ1) is 8.56. The Morgan fingerprint density at radius 1 is 1.00 bits per heavy atom. The molecule has 0 spiro atoms. The predicted molar refractivity (Wildman–Crippen MR) is 60.1 cm³/mol. The van der Waals surface area contributed by atoms with Gasteiger partial charge in [0.15, 0.2) is 0 Å². The van der Waals surface area contributed by atoms with E-state index in [4.69, 9.17) is 8.61 Å². The van der Waals surface area contributed by atoms with Gasteiger partial charge in [0.25, 0.3) is 5.97 Å². The van der Waals surface area contributed by atoms with Crippen molar-refractivity contribution in [3.05, 3.63) is 16.0 Å². The number of aliphatic carboxylic acids is 1. The summed E-state index contributed by atoms with van der Waals surface area (Å²) in [5, 5.41) is 18.7. The predicted octanol–water partition coefficient (Wildman–Crippen LogP) is -0.329. The molecule has 101 valence electrons. The van der Waals surface area contributed by atoms with E-state index in [0.717, 1.165) is 18.9 Å². The molecular formula is C8H11N3O5STc. The fraction of sp³-hybridized carbons (Fsp3) is 0.625. The maximum absolute atomic E-state index is 11.0. The van der Waals surface area contributed by atoms with Crippen molar-refractivity contribution >= 4 is 30.4 Å². The van der Waals surface area contributed by atoms with E-state index < -0.39 is 17.8 Å². The quantitative estimate of drug-likeness (QED) is 0.466. The van der Waals surface area contributed by atoms with Gasteiger partial charge in [-0.15, -0.1) is 12.3 Å². The van der Waals surface area contributed by atoms with Crippen molar-refractivity contribution in [2.75, 3.05) is 31.9 Å². The van der Waals surface area contributed by atoms with Crippen LogP contribution in [0.1, 0.15) is 0 Å². The number of carbonyl (C=O) groups is 3. The molecule has 18 heavy (non-hydrogen) atoms. The van der Waals surface area contributed by atoms with E-state index in [9.17, 15) is 14.4 Å². The van der Waals surface area contributed by atoms with Crippen LogP contribution in [0.2, 0.25) is 0 Å². The molecular weight excluding hydrogens is 349 g/mol. The van der Waals surface area contributed by atoms with Gasteiger partial charge >= 0.3 is 22.4 Å². The van der Waals surface area contributed by atoms with E-state index in [1.54, 1.807) is 0 Å². The van der Waals surface area contributed by atoms with E-state index in [1.807, 2.05) is 0 Å². The summed E-state index contributed by atoms with van der Waals surface area (Å²) in [5.74, 6) is -2.24. The molecule has 1 N–H and O–H groups in total. The molecule has 0 atom stereocenters. The summed E-state index contributed by atoms with van der Waals surface area (Å²) >= 11 is 5.32. The third kappa shape index (κ3) is 15.2. The van der Waals surface area contributed by atoms with Crippen LogP contribution in [0, 0.1) is 0 Å². The molecule has 0 saturated carbocycles. The fourth-order valence-electron chi connectivity index (χ4n) is 0.672. The minimum atomic E-state index is -1.03. The first kappa shape index (κ1) is 19.5. The third-order valence-electron chi connectivity index (χ3n) is 1.31. The molecule has 0 aliphatic heterocycles. The molecule has 0 fully saturated rings. The van der Waals surface area contributed by atoms with Crippen LogP contribution in [0.25, 0.3) is 16.0 Å². The van der Waals surface area contributed by atoms with Crippen LogP contribution < -0.4 is 0 Å². The van der Waals surface area contributed by atoms with Crippen molar-refractivity contribution < 1.29 is 41.8 Å². The average molecular weight is 360 g/mol. The van der Waals surface area contributed by atoms with E-state index >= 15 is 0 Å². The van der Waals surface area contributed by atoms with Gasteiger partial charge in [-0.05, 0) is 6.54 Å². The van der Waals surface area contributed by atoms with Crippen molar-refractivity contribution in [3.8, 4) is 0 Å². The number of rotatable bonds is 8. The number of hydrogen-bond acceptors (Lipinski definition) is 5. The Labute approximate surface area is 120 Å². The summed E-state index contributed by atoms with van der Waals surface area (Å²) in [6, 6.07) is 0. The summed E-state index contributed by atoms with van der Waals surface area (Å²) < 4.78 is 8.22. The van der Waals surface area contributed by atoms with Gasteiger partial charge in [-0.25, -0.2) is 0 Å². The Balaban J connectivity index is 0. The van der Waals surface area contributed by atoms with Crippen molar-refractivity contribution in [2.24, 2.45) is 0 Å². The van der Waals surface area contributed by atoms with E-state index in [2.05, 4.69) is 28.6 Å². The number of hydrogen-bond donors (Lipinski definition) is 1. The Morgan fingerprint density at radius 2 is 1.61 bits per heavy atom. The SMILES string of the molecule is O=C(O)C[N-]CC[N-]C(=O)C[N-]C(=O)C[S-].[O]=[99Tc+4]. The summed E-state index contributed by atoms with van der Waals surface area (Å²) in [4.78, 5) is 31.6. The molecule has 2 amide bonds. The van der Waals surface area contributed by atoms with Gasteiger partial charge in [0, 0.05) is 11.8 Å². The Morgan fingerprint density at radius 3 is 2.11 bits per heavy atom. The van der Waals surface area contributed by atoms with Gasteiger partial charge in [0.05, 0.1) is 0 Å². The second kappa shape index (κ2) is 14.2. The van der Waals surface area contributed by atoms with Crippen LogP contribution in [0.15, 0.2) is 0 Å². The minimum absolute atomic E-state index is 0.101. The number of amides is 2. The van der Waals surface area contributed by atoms with Crippen LogP contribution in [0.5, 0.6) is 0 Å². The molecule has 0 aliphatic rings. The van der Waals surface area contributed by atoms with Gasteiger partial charge < -0.3 is 43.3 Å². The first-order valence-corrected chi connectivity index (χ1v) is 5.89. The van der Waals surface area contributed by atoms with Crippen LogP contribution in [0.3, 0.4) is 0 Å². The zero-order valence-electron chi connectivity index (χ0n) is 9.24. The molecule has 8 nitrogen and oxygen atoms in total. The van der Waals surface area contributed by atoms with Crippen LogP contribution in [0.4, 0.5) is 0 Å². The monoisotopic (exact) mass is 360 g/mol. The molecule has 10 heteroatoms. The zero-order chi connectivity index (χ0) is 14.4. The van der Waals surface area contributed by atoms with Crippen LogP contribution in [-0.4, -0.2) is 54.8 Å². The van der Waals surface area contributed by atoms with Crippen LogP contribution >= 0.6 is 0 Å². The summed E-state index contributed by atoms with van der Waals surface area (Å²) in [6.45, 7) is -0.354. The van der Waals surface area contributed by atoms with E-state index in [0.29, 0.717) is 0 Å². The summed E-state index contributed by atoms with van der Waals surface area (Å²) in [5.41, 5.74) is 0. The summed E-state index contributed by atoms with van der Waals surface area (Å²) in [6.07, 6.45) is 0. The number of carboxylic acids is 1. The van der Waals surface area contributed by atoms with Gasteiger partial charge in [-0.3, -0.25) is 4.79 Å². The van der Waals surface area contributed by atoms with Crippen molar-refractivity contribution in [2.45, 2.75) is 0 Å². The second-order valence-electron chi connectivity index (χ2n) is 2.63. The van der Waals surface area contributed by atoms with Crippen molar-refractivity contribution in [3.63, 3.8) is 0 Å². The molecule has 0 bridgehead atoms. The average Bonchev–Trinajstić information content (AvgIpc) is 2.37. The fourth-order valence-corrected chi connectivity index (χ4v) is 0.763. The Hall–Kier alpha value is -0.831. The van der Waals surface area contributed by atoms with Gasteiger partial charge in [-0.2, -0.15) is 6.54 Å².